The van der Waals surface area contributed by atoms with Crippen LogP contribution in [0.1, 0.15) is 42.6 Å². The molecule has 0 amide bonds. The Balaban J connectivity index is 2.97. The zero-order chi connectivity index (χ0) is 11.3. The number of ether oxygens (including phenoxy) is 1. The third-order valence-electron chi connectivity index (χ3n) is 2.22. The molecule has 0 aromatic heterocycles. The Hall–Kier alpha value is -1.31. The summed E-state index contributed by atoms with van der Waals surface area (Å²) in [6.07, 6.45) is 1.47. The minimum atomic E-state index is 0.143. The van der Waals surface area contributed by atoms with Crippen molar-refractivity contribution >= 4 is 5.78 Å². The molecule has 0 saturated heterocycles. The molecular formula is C13H18O2. The van der Waals surface area contributed by atoms with Crippen LogP contribution in [0.15, 0.2) is 18.2 Å². The van der Waals surface area contributed by atoms with Crippen LogP contribution in [0.25, 0.3) is 0 Å². The minimum absolute atomic E-state index is 0.143. The maximum atomic E-state index is 11.7. The Morgan fingerprint density at radius 2 is 2.07 bits per heavy atom. The van der Waals surface area contributed by atoms with E-state index in [2.05, 4.69) is 6.92 Å². The van der Waals surface area contributed by atoms with Gasteiger partial charge in [0.15, 0.2) is 5.78 Å². The Bertz CT molecular complexity index is 342. The van der Waals surface area contributed by atoms with Gasteiger partial charge in [0.25, 0.3) is 0 Å². The van der Waals surface area contributed by atoms with Gasteiger partial charge in [-0.3, -0.25) is 4.79 Å². The highest BCUT2D eigenvalue weighted by Crippen LogP contribution is 2.21. The molecule has 0 atom stereocenters. The lowest BCUT2D eigenvalue weighted by Crippen LogP contribution is -2.04. The second-order valence-corrected chi connectivity index (χ2v) is 3.62. The van der Waals surface area contributed by atoms with Crippen LogP contribution in [0, 0.1) is 6.92 Å². The summed E-state index contributed by atoms with van der Waals surface area (Å²) >= 11 is 0. The third-order valence-corrected chi connectivity index (χ3v) is 2.22. The number of benzene rings is 1. The Labute approximate surface area is 91.3 Å². The SMILES string of the molecule is CCCOc1ccc(C)cc1C(=O)CC. The van der Waals surface area contributed by atoms with E-state index < -0.39 is 0 Å². The van der Waals surface area contributed by atoms with Crippen LogP contribution in [0.5, 0.6) is 5.75 Å². The molecule has 15 heavy (non-hydrogen) atoms. The summed E-state index contributed by atoms with van der Waals surface area (Å²) in [5.41, 5.74) is 1.81. The molecule has 0 spiro atoms. The van der Waals surface area contributed by atoms with E-state index >= 15 is 0 Å². The summed E-state index contributed by atoms with van der Waals surface area (Å²) in [6.45, 7) is 6.56. The number of hydrogen-bond acceptors (Lipinski definition) is 2. The summed E-state index contributed by atoms with van der Waals surface area (Å²) in [7, 11) is 0. The number of carbonyl (C=O) groups excluding carboxylic acids is 1. The Morgan fingerprint density at radius 1 is 1.33 bits per heavy atom. The van der Waals surface area contributed by atoms with Gasteiger partial charge in [0, 0.05) is 6.42 Å². The number of aryl methyl sites for hydroxylation is 1. The fourth-order valence-electron chi connectivity index (χ4n) is 1.39. The van der Waals surface area contributed by atoms with E-state index in [1.54, 1.807) is 0 Å². The van der Waals surface area contributed by atoms with Gasteiger partial charge in [-0.25, -0.2) is 0 Å². The van der Waals surface area contributed by atoms with Crippen molar-refractivity contribution in [2.24, 2.45) is 0 Å². The Morgan fingerprint density at radius 3 is 2.67 bits per heavy atom. The predicted molar refractivity (Wildman–Crippen MR) is 61.6 cm³/mol. The van der Waals surface area contributed by atoms with Gasteiger partial charge >= 0.3 is 0 Å². The van der Waals surface area contributed by atoms with Crippen LogP contribution in [0.2, 0.25) is 0 Å². The molecule has 0 aliphatic rings. The van der Waals surface area contributed by atoms with Gasteiger partial charge in [0.1, 0.15) is 5.75 Å². The van der Waals surface area contributed by atoms with Gasteiger partial charge < -0.3 is 4.74 Å². The first kappa shape index (κ1) is 11.8. The minimum Gasteiger partial charge on any atom is -0.493 e. The van der Waals surface area contributed by atoms with Gasteiger partial charge in [-0.15, -0.1) is 0 Å². The maximum Gasteiger partial charge on any atom is 0.166 e. The van der Waals surface area contributed by atoms with E-state index in [0.29, 0.717) is 24.3 Å². The van der Waals surface area contributed by atoms with Crippen LogP contribution in [-0.4, -0.2) is 12.4 Å². The van der Waals surface area contributed by atoms with Crippen LogP contribution in [0.3, 0.4) is 0 Å². The highest BCUT2D eigenvalue weighted by molar-refractivity contribution is 5.98. The molecule has 0 fully saturated rings. The molecule has 0 aliphatic carbocycles. The van der Waals surface area contributed by atoms with Gasteiger partial charge in [-0.05, 0) is 25.5 Å². The van der Waals surface area contributed by atoms with Crippen LogP contribution < -0.4 is 4.74 Å². The summed E-state index contributed by atoms with van der Waals surface area (Å²) in [5, 5.41) is 0. The number of rotatable bonds is 5. The molecule has 0 unspecified atom stereocenters. The van der Waals surface area contributed by atoms with Crippen molar-refractivity contribution in [1.82, 2.24) is 0 Å². The first-order chi connectivity index (χ1) is 7.19. The van der Waals surface area contributed by atoms with Crippen molar-refractivity contribution in [3.8, 4) is 5.75 Å². The summed E-state index contributed by atoms with van der Waals surface area (Å²) in [4.78, 5) is 11.7. The van der Waals surface area contributed by atoms with Crippen LogP contribution in [0.4, 0.5) is 0 Å². The fraction of sp³-hybridized carbons (Fsp3) is 0.462. The smallest absolute Gasteiger partial charge is 0.166 e. The molecule has 0 aliphatic heterocycles. The Kier molecular flexibility index (Phi) is 4.35. The molecule has 0 bridgehead atoms. The largest absolute Gasteiger partial charge is 0.493 e. The summed E-state index contributed by atoms with van der Waals surface area (Å²) < 4.78 is 5.54. The number of carbonyl (C=O) groups is 1. The maximum absolute atomic E-state index is 11.7. The average Bonchev–Trinajstić information content (AvgIpc) is 2.26. The van der Waals surface area contributed by atoms with Crippen LogP contribution in [-0.2, 0) is 0 Å². The van der Waals surface area contributed by atoms with E-state index in [4.69, 9.17) is 4.74 Å². The lowest BCUT2D eigenvalue weighted by Gasteiger charge is -2.10. The van der Waals surface area contributed by atoms with E-state index in [1.165, 1.54) is 0 Å². The summed E-state index contributed by atoms with van der Waals surface area (Å²) in [6, 6.07) is 5.75. The van der Waals surface area contributed by atoms with Crippen molar-refractivity contribution in [2.45, 2.75) is 33.6 Å². The second-order valence-electron chi connectivity index (χ2n) is 3.62. The van der Waals surface area contributed by atoms with Crippen molar-refractivity contribution in [1.29, 1.82) is 0 Å². The number of ketones is 1. The molecule has 2 heteroatoms. The van der Waals surface area contributed by atoms with E-state index in [-0.39, 0.29) is 5.78 Å². The first-order valence-electron chi connectivity index (χ1n) is 5.45. The van der Waals surface area contributed by atoms with E-state index in [9.17, 15) is 4.79 Å². The molecular weight excluding hydrogens is 188 g/mol. The van der Waals surface area contributed by atoms with Gasteiger partial charge in [-0.2, -0.15) is 0 Å². The predicted octanol–water partition coefficient (Wildman–Crippen LogP) is 3.38. The highest BCUT2D eigenvalue weighted by Gasteiger charge is 2.10. The molecule has 1 aromatic carbocycles. The highest BCUT2D eigenvalue weighted by atomic mass is 16.5. The molecule has 0 saturated carbocycles. The van der Waals surface area contributed by atoms with Crippen molar-refractivity contribution in [3.05, 3.63) is 29.3 Å². The fourth-order valence-corrected chi connectivity index (χ4v) is 1.39. The van der Waals surface area contributed by atoms with Crippen LogP contribution >= 0.6 is 0 Å². The quantitative estimate of drug-likeness (QED) is 0.690. The molecule has 0 heterocycles. The van der Waals surface area contributed by atoms with Crippen molar-refractivity contribution in [3.63, 3.8) is 0 Å². The average molecular weight is 206 g/mol. The van der Waals surface area contributed by atoms with Gasteiger partial charge in [0.05, 0.1) is 12.2 Å². The van der Waals surface area contributed by atoms with Gasteiger partial charge in [-0.1, -0.05) is 25.5 Å². The molecule has 1 rings (SSSR count). The van der Waals surface area contributed by atoms with Crippen molar-refractivity contribution in [2.75, 3.05) is 6.61 Å². The molecule has 0 N–H and O–H groups in total. The van der Waals surface area contributed by atoms with Crippen molar-refractivity contribution < 1.29 is 9.53 Å². The molecule has 82 valence electrons. The lowest BCUT2D eigenvalue weighted by atomic mass is 10.1. The standard InChI is InChI=1S/C13H18O2/c1-4-8-15-13-7-6-10(3)9-11(13)12(14)5-2/h6-7,9H,4-5,8H2,1-3H3. The van der Waals surface area contributed by atoms with E-state index in [1.807, 2.05) is 32.0 Å². The topological polar surface area (TPSA) is 26.3 Å². The lowest BCUT2D eigenvalue weighted by molar-refractivity contribution is 0.0984. The van der Waals surface area contributed by atoms with Gasteiger partial charge in [0.2, 0.25) is 0 Å². The normalized spacial score (nSPS) is 10.1. The monoisotopic (exact) mass is 206 g/mol. The first-order valence-corrected chi connectivity index (χ1v) is 5.45. The van der Waals surface area contributed by atoms with E-state index in [0.717, 1.165) is 12.0 Å². The molecule has 0 radical (unpaired) electrons. The second kappa shape index (κ2) is 5.54. The zero-order valence-corrected chi connectivity index (χ0v) is 9.67. The molecule has 2 nitrogen and oxygen atoms in total. The zero-order valence-electron chi connectivity index (χ0n) is 9.67. The molecule has 1 aromatic rings. The number of hydrogen-bond donors (Lipinski definition) is 0. The third kappa shape index (κ3) is 3.08. The summed E-state index contributed by atoms with van der Waals surface area (Å²) in [5.74, 6) is 0.860. The number of Topliss-reactive ketones (excluding diaryl/α,β-unsaturated/α-hetero) is 1.